The van der Waals surface area contributed by atoms with E-state index < -0.39 is 23.6 Å². The van der Waals surface area contributed by atoms with Crippen LogP contribution in [0, 0.1) is 0 Å². The first-order chi connectivity index (χ1) is 8.04. The summed E-state index contributed by atoms with van der Waals surface area (Å²) in [5.74, 6) is 0. The fourth-order valence-corrected chi connectivity index (χ4v) is 1.83. The molecule has 1 rings (SSSR count). The van der Waals surface area contributed by atoms with Crippen molar-refractivity contribution in [2.24, 2.45) is 0 Å². The molecule has 102 valence electrons. The predicted molar refractivity (Wildman–Crippen MR) is 59.1 cm³/mol. The van der Waals surface area contributed by atoms with Gasteiger partial charge in [0.2, 0.25) is 0 Å². The Morgan fingerprint density at radius 1 is 0.889 bits per heavy atom. The first-order valence-electron chi connectivity index (χ1n) is 4.52. The van der Waals surface area contributed by atoms with E-state index in [4.69, 9.17) is 0 Å². The zero-order valence-electron chi connectivity index (χ0n) is 8.54. The van der Waals surface area contributed by atoms with Crippen molar-refractivity contribution in [3.05, 3.63) is 35.4 Å². The standard InChI is InChI=1S/C10H6F7I/c11-8(9(12,13)14,10(15,16)17)7-3-1-2-6(4-7)5-18/h1-4H,5H2. The lowest BCUT2D eigenvalue weighted by Gasteiger charge is -2.30. The lowest BCUT2D eigenvalue weighted by Crippen LogP contribution is -2.50. The zero-order valence-corrected chi connectivity index (χ0v) is 10.7. The average Bonchev–Trinajstić information content (AvgIpc) is 2.25. The van der Waals surface area contributed by atoms with Crippen molar-refractivity contribution in [3.8, 4) is 0 Å². The molecule has 0 fully saturated rings. The van der Waals surface area contributed by atoms with Gasteiger partial charge in [0.1, 0.15) is 0 Å². The molecule has 0 heterocycles. The molecule has 0 saturated carbocycles. The molecule has 0 aliphatic heterocycles. The van der Waals surface area contributed by atoms with Crippen molar-refractivity contribution < 1.29 is 30.7 Å². The van der Waals surface area contributed by atoms with Crippen LogP contribution in [0.2, 0.25) is 0 Å². The van der Waals surface area contributed by atoms with Crippen molar-refractivity contribution in [1.29, 1.82) is 0 Å². The highest BCUT2D eigenvalue weighted by atomic mass is 127. The lowest BCUT2D eigenvalue weighted by molar-refractivity contribution is -0.348. The third-order valence-electron chi connectivity index (χ3n) is 2.26. The summed E-state index contributed by atoms with van der Waals surface area (Å²) in [4.78, 5) is 0. The molecule has 1 aromatic carbocycles. The highest BCUT2D eigenvalue weighted by molar-refractivity contribution is 14.1. The molecule has 0 amide bonds. The molecular weight excluding hydrogens is 380 g/mol. The van der Waals surface area contributed by atoms with Crippen LogP contribution in [0.15, 0.2) is 24.3 Å². The van der Waals surface area contributed by atoms with Crippen molar-refractivity contribution in [2.45, 2.75) is 22.4 Å². The Bertz CT molecular complexity index is 407. The Morgan fingerprint density at radius 2 is 1.39 bits per heavy atom. The first-order valence-corrected chi connectivity index (χ1v) is 6.04. The molecule has 0 aliphatic carbocycles. The lowest BCUT2D eigenvalue weighted by atomic mass is 9.93. The van der Waals surface area contributed by atoms with Gasteiger partial charge in [-0.05, 0) is 5.56 Å². The Balaban J connectivity index is 3.45. The SMILES string of the molecule is FC(F)(F)C(F)(c1cccc(CI)c1)C(F)(F)F. The van der Waals surface area contributed by atoms with Gasteiger partial charge in [-0.25, -0.2) is 4.39 Å². The molecule has 18 heavy (non-hydrogen) atoms. The van der Waals surface area contributed by atoms with E-state index in [0.29, 0.717) is 12.1 Å². The van der Waals surface area contributed by atoms with Gasteiger partial charge in [-0.2, -0.15) is 26.3 Å². The van der Waals surface area contributed by atoms with Gasteiger partial charge in [-0.3, -0.25) is 0 Å². The second-order valence-corrected chi connectivity index (χ2v) is 4.25. The van der Waals surface area contributed by atoms with Crippen molar-refractivity contribution >= 4 is 22.6 Å². The van der Waals surface area contributed by atoms with Crippen LogP contribution in [0.1, 0.15) is 11.1 Å². The summed E-state index contributed by atoms with van der Waals surface area (Å²) in [5, 5.41) is 0. The van der Waals surface area contributed by atoms with Gasteiger partial charge >= 0.3 is 18.0 Å². The maximum absolute atomic E-state index is 13.6. The van der Waals surface area contributed by atoms with E-state index in [9.17, 15) is 30.7 Å². The maximum Gasteiger partial charge on any atom is 0.435 e. The molecular formula is C10H6F7I. The number of hydrogen-bond donors (Lipinski definition) is 0. The smallest absolute Gasteiger partial charge is 0.218 e. The van der Waals surface area contributed by atoms with Gasteiger partial charge < -0.3 is 0 Å². The summed E-state index contributed by atoms with van der Waals surface area (Å²) in [6.45, 7) is 0. The van der Waals surface area contributed by atoms with E-state index >= 15 is 0 Å². The molecule has 0 aliphatic rings. The van der Waals surface area contributed by atoms with Gasteiger partial charge in [0.05, 0.1) is 0 Å². The van der Waals surface area contributed by atoms with E-state index in [1.807, 2.05) is 0 Å². The van der Waals surface area contributed by atoms with Crippen LogP contribution >= 0.6 is 22.6 Å². The second kappa shape index (κ2) is 4.86. The number of rotatable bonds is 2. The number of hydrogen-bond acceptors (Lipinski definition) is 0. The molecule has 0 spiro atoms. The minimum Gasteiger partial charge on any atom is -0.218 e. The molecule has 0 unspecified atom stereocenters. The van der Waals surface area contributed by atoms with Crippen LogP contribution in [0.5, 0.6) is 0 Å². The molecule has 0 nitrogen and oxygen atoms in total. The van der Waals surface area contributed by atoms with Crippen LogP contribution in [0.4, 0.5) is 30.7 Å². The van der Waals surface area contributed by atoms with Gasteiger partial charge in [-0.1, -0.05) is 46.9 Å². The molecule has 0 radical (unpaired) electrons. The number of alkyl halides is 8. The van der Waals surface area contributed by atoms with E-state index in [1.54, 1.807) is 22.6 Å². The minimum atomic E-state index is -6.06. The summed E-state index contributed by atoms with van der Waals surface area (Å²) in [7, 11) is 0. The van der Waals surface area contributed by atoms with E-state index in [2.05, 4.69) is 0 Å². The summed E-state index contributed by atoms with van der Waals surface area (Å²) in [6.07, 6.45) is -12.1. The Labute approximate surface area is 111 Å². The molecule has 0 saturated heterocycles. The summed E-state index contributed by atoms with van der Waals surface area (Å²) < 4.78 is 88.3. The number of benzene rings is 1. The molecule has 1 aromatic rings. The third-order valence-corrected chi connectivity index (χ3v) is 3.14. The Morgan fingerprint density at radius 3 is 1.78 bits per heavy atom. The van der Waals surface area contributed by atoms with Gasteiger partial charge in [-0.15, -0.1) is 0 Å². The van der Waals surface area contributed by atoms with Crippen LogP contribution in [-0.4, -0.2) is 12.4 Å². The number of halogens is 8. The van der Waals surface area contributed by atoms with Crippen molar-refractivity contribution in [2.75, 3.05) is 0 Å². The zero-order chi connectivity index (χ0) is 14.2. The average molecular weight is 386 g/mol. The molecule has 0 atom stereocenters. The predicted octanol–water partition coefficient (Wildman–Crippen LogP) is 4.91. The van der Waals surface area contributed by atoms with Crippen LogP contribution in [-0.2, 0) is 10.1 Å². The van der Waals surface area contributed by atoms with Crippen LogP contribution in [0.3, 0.4) is 0 Å². The van der Waals surface area contributed by atoms with E-state index in [-0.39, 0.29) is 9.99 Å². The third kappa shape index (κ3) is 2.57. The first kappa shape index (κ1) is 15.5. The molecule has 8 heteroatoms. The Hall–Kier alpha value is -0.540. The van der Waals surface area contributed by atoms with E-state index in [0.717, 1.165) is 6.07 Å². The fourth-order valence-electron chi connectivity index (χ4n) is 1.36. The normalized spacial score (nSPS) is 13.8. The summed E-state index contributed by atoms with van der Waals surface area (Å²) in [6, 6.07) is 3.35. The quantitative estimate of drug-likeness (QED) is 0.385. The molecule has 0 bridgehead atoms. The molecule has 0 N–H and O–H groups in total. The largest absolute Gasteiger partial charge is 0.435 e. The minimum absolute atomic E-state index is 0.178. The van der Waals surface area contributed by atoms with Gasteiger partial charge in [0.15, 0.2) is 0 Å². The maximum atomic E-state index is 13.6. The van der Waals surface area contributed by atoms with Gasteiger partial charge in [0.25, 0.3) is 0 Å². The highest BCUT2D eigenvalue weighted by Crippen LogP contribution is 2.53. The second-order valence-electron chi connectivity index (χ2n) is 3.49. The fraction of sp³-hybridized carbons (Fsp3) is 0.400. The molecule has 0 aromatic heterocycles. The Kier molecular flexibility index (Phi) is 4.19. The van der Waals surface area contributed by atoms with Crippen molar-refractivity contribution in [3.63, 3.8) is 0 Å². The monoisotopic (exact) mass is 386 g/mol. The highest BCUT2D eigenvalue weighted by Gasteiger charge is 2.73. The van der Waals surface area contributed by atoms with E-state index in [1.165, 1.54) is 6.07 Å². The topological polar surface area (TPSA) is 0 Å². The van der Waals surface area contributed by atoms with Crippen LogP contribution < -0.4 is 0 Å². The summed E-state index contributed by atoms with van der Waals surface area (Å²) in [5.41, 5.74) is -6.61. The van der Waals surface area contributed by atoms with Crippen molar-refractivity contribution in [1.82, 2.24) is 0 Å². The van der Waals surface area contributed by atoms with Crippen LogP contribution in [0.25, 0.3) is 0 Å². The summed E-state index contributed by atoms with van der Waals surface area (Å²) >= 11 is 1.76. The van der Waals surface area contributed by atoms with Gasteiger partial charge in [0, 0.05) is 9.99 Å².